The van der Waals surface area contributed by atoms with Crippen molar-refractivity contribution >= 4 is 33.4 Å². The van der Waals surface area contributed by atoms with Gasteiger partial charge in [0.15, 0.2) is 0 Å². The second kappa shape index (κ2) is 8.45. The van der Waals surface area contributed by atoms with Gasteiger partial charge in [0.1, 0.15) is 5.82 Å². The fourth-order valence-electron chi connectivity index (χ4n) is 2.43. The maximum Gasteiger partial charge on any atom is 0.266 e. The Morgan fingerprint density at radius 3 is 2.63 bits per heavy atom. The van der Waals surface area contributed by atoms with E-state index in [1.165, 1.54) is 22.9 Å². The molecule has 8 heteroatoms. The van der Waals surface area contributed by atoms with Crippen molar-refractivity contribution < 1.29 is 9.18 Å². The normalized spacial score (nSPS) is 10.6. The molecule has 0 saturated heterocycles. The van der Waals surface area contributed by atoms with E-state index in [4.69, 9.17) is 11.6 Å². The third-order valence-electron chi connectivity index (χ3n) is 3.79. The minimum absolute atomic E-state index is 0.186. The summed E-state index contributed by atoms with van der Waals surface area (Å²) in [6.45, 7) is 0.382. The average molecular weight is 451 g/mol. The fourth-order valence-corrected chi connectivity index (χ4v) is 2.99. The summed E-state index contributed by atoms with van der Waals surface area (Å²) >= 11 is 9.33. The van der Waals surface area contributed by atoms with Crippen LogP contribution in [0, 0.1) is 5.82 Å². The molecule has 0 radical (unpaired) electrons. The highest BCUT2D eigenvalue weighted by Crippen LogP contribution is 2.20. The molecule has 0 fully saturated rings. The number of nitrogens with one attached hydrogen (secondary N) is 1. The maximum absolute atomic E-state index is 13.1. The van der Waals surface area contributed by atoms with Crippen molar-refractivity contribution in [2.45, 2.75) is 6.54 Å². The molecule has 1 aromatic heterocycles. The van der Waals surface area contributed by atoms with Crippen LogP contribution in [0.3, 0.4) is 0 Å². The quantitative estimate of drug-likeness (QED) is 0.641. The van der Waals surface area contributed by atoms with Gasteiger partial charge in [-0.25, -0.2) is 9.07 Å². The molecule has 0 aliphatic carbocycles. The highest BCUT2D eigenvalue weighted by Gasteiger charge is 2.11. The van der Waals surface area contributed by atoms with Crippen molar-refractivity contribution in [3.63, 3.8) is 0 Å². The summed E-state index contributed by atoms with van der Waals surface area (Å²) in [6, 6.07) is 13.8. The van der Waals surface area contributed by atoms with E-state index < -0.39 is 0 Å². The van der Waals surface area contributed by atoms with Gasteiger partial charge >= 0.3 is 0 Å². The number of carbonyl (C=O) groups excluding carboxylic acids is 1. The monoisotopic (exact) mass is 449 g/mol. The molecular formula is C19H14BrClFN3O2. The molecule has 27 heavy (non-hydrogen) atoms. The van der Waals surface area contributed by atoms with Crippen LogP contribution in [0.4, 0.5) is 4.39 Å². The first-order valence-electron chi connectivity index (χ1n) is 8.01. The summed E-state index contributed by atoms with van der Waals surface area (Å²) < 4.78 is 15.0. The van der Waals surface area contributed by atoms with E-state index in [2.05, 4.69) is 26.3 Å². The number of nitrogens with zero attached hydrogens (tertiary/aromatic N) is 2. The predicted octanol–water partition coefficient (Wildman–Crippen LogP) is 3.90. The van der Waals surface area contributed by atoms with Crippen molar-refractivity contribution in [3.05, 3.63) is 85.8 Å². The van der Waals surface area contributed by atoms with E-state index in [1.807, 2.05) is 0 Å². The fraction of sp³-hybridized carbons (Fsp3) is 0.105. The van der Waals surface area contributed by atoms with E-state index >= 15 is 0 Å². The molecule has 1 heterocycles. The SMILES string of the molecule is O=C(NCCn1nc(-c2ccc(F)cc2)ccc1=O)c1cc(Br)ccc1Cl. The zero-order chi connectivity index (χ0) is 19.4. The summed E-state index contributed by atoms with van der Waals surface area (Å²) in [5, 5.41) is 7.32. The second-order valence-electron chi connectivity index (χ2n) is 5.67. The van der Waals surface area contributed by atoms with Crippen LogP contribution in [-0.4, -0.2) is 22.2 Å². The van der Waals surface area contributed by atoms with Crippen LogP contribution in [0.1, 0.15) is 10.4 Å². The van der Waals surface area contributed by atoms with Gasteiger partial charge in [0, 0.05) is 22.6 Å². The van der Waals surface area contributed by atoms with Crippen LogP contribution in [0.2, 0.25) is 5.02 Å². The molecule has 138 valence electrons. The van der Waals surface area contributed by atoms with E-state index in [0.29, 0.717) is 21.8 Å². The zero-order valence-electron chi connectivity index (χ0n) is 14.0. The minimum atomic E-state index is -0.346. The Labute approximate surface area is 167 Å². The molecule has 0 aliphatic rings. The second-order valence-corrected chi connectivity index (χ2v) is 6.99. The molecule has 5 nitrogen and oxygen atoms in total. The topological polar surface area (TPSA) is 64.0 Å². The molecule has 0 unspecified atom stereocenters. The lowest BCUT2D eigenvalue weighted by molar-refractivity contribution is 0.0952. The standard InChI is InChI=1S/C19H14BrClFN3O2/c20-13-3-6-16(21)15(11-13)19(27)23-9-10-25-18(26)8-7-17(24-25)12-1-4-14(22)5-2-12/h1-8,11H,9-10H2,(H,23,27). The van der Waals surface area contributed by atoms with Gasteiger partial charge in [-0.05, 0) is 48.5 Å². The van der Waals surface area contributed by atoms with Crippen LogP contribution in [0.15, 0.2) is 63.9 Å². The maximum atomic E-state index is 13.1. The van der Waals surface area contributed by atoms with Crippen LogP contribution in [0.25, 0.3) is 11.3 Å². The zero-order valence-corrected chi connectivity index (χ0v) is 16.3. The number of hydrogen-bond donors (Lipinski definition) is 1. The lowest BCUT2D eigenvalue weighted by atomic mass is 10.1. The largest absolute Gasteiger partial charge is 0.350 e. The van der Waals surface area contributed by atoms with Crippen molar-refractivity contribution in [2.24, 2.45) is 0 Å². The molecular weight excluding hydrogens is 437 g/mol. The van der Waals surface area contributed by atoms with E-state index in [-0.39, 0.29) is 30.4 Å². The molecule has 1 amide bonds. The van der Waals surface area contributed by atoms with Gasteiger partial charge in [-0.15, -0.1) is 0 Å². The van der Waals surface area contributed by atoms with Crippen molar-refractivity contribution in [3.8, 4) is 11.3 Å². The van der Waals surface area contributed by atoms with Gasteiger partial charge < -0.3 is 5.32 Å². The van der Waals surface area contributed by atoms with Crippen LogP contribution >= 0.6 is 27.5 Å². The van der Waals surface area contributed by atoms with Crippen molar-refractivity contribution in [1.29, 1.82) is 0 Å². The summed E-state index contributed by atoms with van der Waals surface area (Å²) in [7, 11) is 0. The van der Waals surface area contributed by atoms with Gasteiger partial charge in [-0.3, -0.25) is 9.59 Å². The number of hydrogen-bond acceptors (Lipinski definition) is 3. The third kappa shape index (κ3) is 4.81. The number of benzene rings is 2. The smallest absolute Gasteiger partial charge is 0.266 e. The van der Waals surface area contributed by atoms with Crippen LogP contribution in [-0.2, 0) is 6.54 Å². The van der Waals surface area contributed by atoms with E-state index in [1.54, 1.807) is 36.4 Å². The summed E-state index contributed by atoms with van der Waals surface area (Å²) in [6.07, 6.45) is 0. The Hall–Kier alpha value is -2.51. The van der Waals surface area contributed by atoms with Gasteiger partial charge in [-0.1, -0.05) is 27.5 Å². The molecule has 0 aliphatic heterocycles. The number of carbonyl (C=O) groups is 1. The Morgan fingerprint density at radius 2 is 1.89 bits per heavy atom. The molecule has 0 atom stereocenters. The van der Waals surface area contributed by atoms with Gasteiger partial charge in [0.2, 0.25) is 0 Å². The molecule has 3 aromatic rings. The molecule has 0 saturated carbocycles. The number of halogens is 3. The first-order chi connectivity index (χ1) is 12.9. The Morgan fingerprint density at radius 1 is 1.15 bits per heavy atom. The highest BCUT2D eigenvalue weighted by molar-refractivity contribution is 9.10. The summed E-state index contributed by atoms with van der Waals surface area (Å²) in [5.74, 6) is -0.690. The number of rotatable bonds is 5. The van der Waals surface area contributed by atoms with E-state index in [9.17, 15) is 14.0 Å². The molecule has 1 N–H and O–H groups in total. The van der Waals surface area contributed by atoms with Crippen LogP contribution in [0.5, 0.6) is 0 Å². The van der Waals surface area contributed by atoms with Crippen LogP contribution < -0.4 is 10.9 Å². The lowest BCUT2D eigenvalue weighted by Gasteiger charge is -2.09. The third-order valence-corrected chi connectivity index (χ3v) is 4.61. The summed E-state index contributed by atoms with van der Waals surface area (Å²) in [4.78, 5) is 24.3. The molecule has 0 bridgehead atoms. The average Bonchev–Trinajstić information content (AvgIpc) is 2.66. The first kappa shape index (κ1) is 19.3. The molecule has 3 rings (SSSR count). The van der Waals surface area contributed by atoms with E-state index in [0.717, 1.165) is 4.47 Å². The van der Waals surface area contributed by atoms with Crippen molar-refractivity contribution in [1.82, 2.24) is 15.1 Å². The Bertz CT molecular complexity index is 1040. The molecule has 0 spiro atoms. The summed E-state index contributed by atoms with van der Waals surface area (Å²) in [5.41, 5.74) is 1.27. The number of aromatic nitrogens is 2. The Kier molecular flexibility index (Phi) is 6.03. The van der Waals surface area contributed by atoms with Crippen molar-refractivity contribution in [2.75, 3.05) is 6.54 Å². The van der Waals surface area contributed by atoms with Gasteiger partial charge in [-0.2, -0.15) is 5.10 Å². The number of amides is 1. The lowest BCUT2D eigenvalue weighted by Crippen LogP contribution is -2.32. The minimum Gasteiger partial charge on any atom is -0.350 e. The molecule has 2 aromatic carbocycles. The Balaban J connectivity index is 1.70. The highest BCUT2D eigenvalue weighted by atomic mass is 79.9. The van der Waals surface area contributed by atoms with Gasteiger partial charge in [0.05, 0.1) is 22.8 Å². The first-order valence-corrected chi connectivity index (χ1v) is 9.18. The van der Waals surface area contributed by atoms with Gasteiger partial charge in [0.25, 0.3) is 11.5 Å². The predicted molar refractivity (Wildman–Crippen MR) is 105 cm³/mol.